The van der Waals surface area contributed by atoms with Gasteiger partial charge in [0.05, 0.1) is 0 Å². The van der Waals surface area contributed by atoms with E-state index in [1.165, 1.54) is 0 Å². The van der Waals surface area contributed by atoms with Crippen molar-refractivity contribution >= 4 is 27.9 Å². The first kappa shape index (κ1) is 10.6. The van der Waals surface area contributed by atoms with E-state index in [1.54, 1.807) is 22.9 Å². The zero-order valence-corrected chi connectivity index (χ0v) is 9.21. The first-order valence-electron chi connectivity index (χ1n) is 4.65. The Bertz CT molecular complexity index is 410. The zero-order valence-electron chi connectivity index (χ0n) is 8.05. The monoisotopic (exact) mass is 223 g/mol. The maximum atomic E-state index is 11.7. The summed E-state index contributed by atoms with van der Waals surface area (Å²) in [4.78, 5) is 11.7. The molecule has 0 fully saturated rings. The molecule has 4 nitrogen and oxygen atoms in total. The molecule has 0 spiro atoms. The molecule has 0 aromatic heterocycles. The third-order valence-corrected chi connectivity index (χ3v) is 3.03. The van der Waals surface area contributed by atoms with Crippen molar-refractivity contribution in [3.63, 3.8) is 0 Å². The Balaban J connectivity index is 2.43. The van der Waals surface area contributed by atoms with E-state index in [9.17, 15) is 4.79 Å². The van der Waals surface area contributed by atoms with Crippen molar-refractivity contribution in [1.82, 2.24) is 4.67 Å². The molecule has 1 aliphatic rings. The van der Waals surface area contributed by atoms with Gasteiger partial charge >= 0.3 is 7.12 Å². The molecule has 0 bridgehead atoms. The number of amides is 1. The van der Waals surface area contributed by atoms with Gasteiger partial charge in [0.2, 0.25) is 0 Å². The molecule has 2 rings (SSSR count). The van der Waals surface area contributed by atoms with Gasteiger partial charge in [0, 0.05) is 12.1 Å². The number of nitrogens with zero attached hydrogens (tertiary/aromatic N) is 1. The number of fused-ring (bicyclic) bond motifs is 1. The Hall–Kier alpha value is -0.895. The van der Waals surface area contributed by atoms with Gasteiger partial charge in [-0.3, -0.25) is 4.79 Å². The van der Waals surface area contributed by atoms with Crippen molar-refractivity contribution < 1.29 is 14.8 Å². The van der Waals surface area contributed by atoms with Gasteiger partial charge in [0.1, 0.15) is 0 Å². The van der Waals surface area contributed by atoms with E-state index in [0.717, 1.165) is 12.0 Å². The molecule has 1 amide bonds. The fourth-order valence-electron chi connectivity index (χ4n) is 1.69. The summed E-state index contributed by atoms with van der Waals surface area (Å²) in [6.07, 6.45) is 0.741. The topological polar surface area (TPSA) is 60.8 Å². The average molecular weight is 223 g/mol. The second-order valence-electron chi connectivity index (χ2n) is 3.54. The highest BCUT2D eigenvalue weighted by Crippen LogP contribution is 2.20. The number of rotatable bonds is 1. The minimum absolute atomic E-state index is 0.0415. The molecule has 15 heavy (non-hydrogen) atoms. The van der Waals surface area contributed by atoms with Crippen LogP contribution in [0.2, 0.25) is 0 Å². The fraction of sp³-hybridized carbons (Fsp3) is 0.222. The third kappa shape index (κ3) is 1.91. The van der Waals surface area contributed by atoms with Crippen molar-refractivity contribution in [2.24, 2.45) is 0 Å². The molecule has 1 aliphatic heterocycles. The van der Waals surface area contributed by atoms with E-state index in [4.69, 9.17) is 10.0 Å². The van der Waals surface area contributed by atoms with Crippen molar-refractivity contribution in [3.05, 3.63) is 29.3 Å². The lowest BCUT2D eigenvalue weighted by atomic mass is 9.78. The largest absolute Gasteiger partial charge is 0.488 e. The lowest BCUT2D eigenvalue weighted by Gasteiger charge is -2.24. The summed E-state index contributed by atoms with van der Waals surface area (Å²) in [6, 6.07) is 4.88. The summed E-state index contributed by atoms with van der Waals surface area (Å²) in [7, 11) is 0.910. The second kappa shape index (κ2) is 3.93. The minimum atomic E-state index is -1.47. The summed E-state index contributed by atoms with van der Waals surface area (Å²) in [6.45, 7) is 0.640. The predicted octanol–water partition coefficient (Wildman–Crippen LogP) is -0.845. The Kier molecular flexibility index (Phi) is 2.78. The Labute approximate surface area is 90.3 Å². The van der Waals surface area contributed by atoms with Gasteiger partial charge in [-0.1, -0.05) is 12.1 Å². The molecule has 1 aromatic carbocycles. The van der Waals surface area contributed by atoms with Gasteiger partial charge in [0.25, 0.3) is 5.91 Å². The van der Waals surface area contributed by atoms with Gasteiger partial charge in [-0.2, -0.15) is 0 Å². The van der Waals surface area contributed by atoms with Gasteiger partial charge in [-0.05, 0) is 32.9 Å². The van der Waals surface area contributed by atoms with E-state index < -0.39 is 7.12 Å². The molecule has 1 aromatic rings. The van der Waals surface area contributed by atoms with Gasteiger partial charge in [0.15, 0.2) is 0 Å². The quantitative estimate of drug-likeness (QED) is 0.481. The molecule has 0 aliphatic carbocycles. The van der Waals surface area contributed by atoms with Crippen molar-refractivity contribution in [1.29, 1.82) is 0 Å². The number of carbonyl (C=O) groups is 1. The van der Waals surface area contributed by atoms with Crippen LogP contribution in [-0.4, -0.2) is 34.3 Å². The van der Waals surface area contributed by atoms with Crippen LogP contribution in [0.25, 0.3) is 0 Å². The summed E-state index contributed by atoms with van der Waals surface area (Å²) < 4.78 is 1.58. The summed E-state index contributed by atoms with van der Waals surface area (Å²) in [5.41, 5.74) is 1.95. The first-order chi connectivity index (χ1) is 7.09. The van der Waals surface area contributed by atoms with Crippen molar-refractivity contribution in [3.8, 4) is 0 Å². The molecule has 2 N–H and O–H groups in total. The van der Waals surface area contributed by atoms with Crippen LogP contribution in [0.4, 0.5) is 0 Å². The molecule has 78 valence electrons. The zero-order chi connectivity index (χ0) is 11.0. The van der Waals surface area contributed by atoms with Gasteiger partial charge in [-0.25, -0.2) is 0 Å². The van der Waals surface area contributed by atoms with Crippen LogP contribution < -0.4 is 5.46 Å². The SMILES string of the molecule is O=C1c2ccc(B(O)O)cc2CCN1P. The molecule has 0 saturated heterocycles. The molecular formula is C9H11BNO3P. The molecule has 1 unspecified atom stereocenters. The molecule has 1 atom stereocenters. The summed E-state index contributed by atoms with van der Waals surface area (Å²) >= 11 is 0. The average Bonchev–Trinajstić information content (AvgIpc) is 2.23. The normalized spacial score (nSPS) is 15.1. The van der Waals surface area contributed by atoms with Crippen LogP contribution in [0.3, 0.4) is 0 Å². The van der Waals surface area contributed by atoms with E-state index in [2.05, 4.69) is 9.39 Å². The first-order valence-corrected chi connectivity index (χ1v) is 5.17. The standard InChI is InChI=1S/C9H11BNO3P/c12-9-8-2-1-7(10(13)14)5-6(8)3-4-11(9)15/h1-2,5,13-14H,3-4,15H2. The van der Waals surface area contributed by atoms with Crippen LogP contribution in [0.1, 0.15) is 15.9 Å². The molecule has 1 heterocycles. The van der Waals surface area contributed by atoms with Crippen LogP contribution >= 0.6 is 9.39 Å². The highest BCUT2D eigenvalue weighted by Gasteiger charge is 2.23. The molecule has 0 saturated carbocycles. The second-order valence-corrected chi connectivity index (χ2v) is 4.16. The van der Waals surface area contributed by atoms with E-state index in [1.807, 2.05) is 0 Å². The smallest absolute Gasteiger partial charge is 0.423 e. The van der Waals surface area contributed by atoms with Crippen LogP contribution in [-0.2, 0) is 6.42 Å². The molecule has 6 heteroatoms. The minimum Gasteiger partial charge on any atom is -0.423 e. The number of carbonyl (C=O) groups excluding carboxylic acids is 1. The van der Waals surface area contributed by atoms with Gasteiger partial charge in [-0.15, -0.1) is 0 Å². The predicted molar refractivity (Wildman–Crippen MR) is 60.7 cm³/mol. The summed E-state index contributed by atoms with van der Waals surface area (Å²) in [5, 5.41) is 18.0. The van der Waals surface area contributed by atoms with Crippen LogP contribution in [0, 0.1) is 0 Å². The van der Waals surface area contributed by atoms with Crippen LogP contribution in [0.15, 0.2) is 18.2 Å². The Morgan fingerprint density at radius 1 is 1.40 bits per heavy atom. The Morgan fingerprint density at radius 2 is 2.13 bits per heavy atom. The van der Waals surface area contributed by atoms with Gasteiger partial charge < -0.3 is 14.7 Å². The fourth-order valence-corrected chi connectivity index (χ4v) is 1.96. The highest BCUT2D eigenvalue weighted by molar-refractivity contribution is 7.14. The third-order valence-electron chi connectivity index (χ3n) is 2.54. The number of hydrogen-bond acceptors (Lipinski definition) is 3. The van der Waals surface area contributed by atoms with Crippen molar-refractivity contribution in [2.75, 3.05) is 6.54 Å². The number of benzene rings is 1. The Morgan fingerprint density at radius 3 is 2.80 bits per heavy atom. The van der Waals surface area contributed by atoms with E-state index in [0.29, 0.717) is 17.6 Å². The highest BCUT2D eigenvalue weighted by atomic mass is 31.0. The lowest BCUT2D eigenvalue weighted by Crippen LogP contribution is -2.34. The van der Waals surface area contributed by atoms with E-state index in [-0.39, 0.29) is 5.91 Å². The van der Waals surface area contributed by atoms with Crippen molar-refractivity contribution in [2.45, 2.75) is 6.42 Å². The molecule has 0 radical (unpaired) electrons. The lowest BCUT2D eigenvalue weighted by molar-refractivity contribution is 0.0859. The van der Waals surface area contributed by atoms with E-state index >= 15 is 0 Å². The maximum Gasteiger partial charge on any atom is 0.488 e. The number of hydrogen-bond donors (Lipinski definition) is 2. The molecular weight excluding hydrogens is 212 g/mol. The summed E-state index contributed by atoms with van der Waals surface area (Å²) in [5.74, 6) is -0.0415. The van der Waals surface area contributed by atoms with Crippen LogP contribution in [0.5, 0.6) is 0 Å². The maximum absolute atomic E-state index is 11.7.